The van der Waals surface area contributed by atoms with Crippen molar-refractivity contribution in [2.45, 2.75) is 6.04 Å². The maximum Gasteiger partial charge on any atom is 0.252 e. The van der Waals surface area contributed by atoms with E-state index >= 15 is 0 Å². The van der Waals surface area contributed by atoms with Gasteiger partial charge in [-0.15, -0.1) is 0 Å². The third-order valence-corrected chi connectivity index (χ3v) is 3.52. The number of rotatable bonds is 0. The number of carbonyl (C=O) groups excluding carboxylic acids is 1. The summed E-state index contributed by atoms with van der Waals surface area (Å²) in [7, 11) is 0. The molecule has 0 aromatic heterocycles. The number of para-hydroxylation sites is 1. The van der Waals surface area contributed by atoms with Gasteiger partial charge >= 0.3 is 0 Å². The molecule has 2 heterocycles. The van der Waals surface area contributed by atoms with Gasteiger partial charge in [-0.2, -0.15) is 0 Å². The summed E-state index contributed by atoms with van der Waals surface area (Å²) < 4.78 is 5.93. The van der Waals surface area contributed by atoms with E-state index in [1.54, 1.807) is 0 Å². The average molecular weight is 249 g/mol. The zero-order chi connectivity index (χ0) is 12.8. The monoisotopic (exact) mass is 249 g/mol. The highest BCUT2D eigenvalue weighted by molar-refractivity contribution is 6.00. The first-order chi connectivity index (χ1) is 9.33. The number of ether oxygens (including phenoxy) is 1. The van der Waals surface area contributed by atoms with Crippen molar-refractivity contribution in [2.75, 3.05) is 0 Å². The summed E-state index contributed by atoms with van der Waals surface area (Å²) in [5.41, 5.74) is 2.49. The topological polar surface area (TPSA) is 38.3 Å². The molecular weight excluding hydrogens is 238 g/mol. The highest BCUT2D eigenvalue weighted by atomic mass is 16.5. The Hall–Kier alpha value is -2.55. The van der Waals surface area contributed by atoms with Crippen molar-refractivity contribution in [3.63, 3.8) is 0 Å². The lowest BCUT2D eigenvalue weighted by molar-refractivity contribution is 0.0945. The number of amides is 1. The van der Waals surface area contributed by atoms with E-state index in [9.17, 15) is 4.79 Å². The van der Waals surface area contributed by atoms with E-state index in [-0.39, 0.29) is 11.9 Å². The fraction of sp³-hybridized carbons (Fsp3) is 0.0625. The summed E-state index contributed by atoms with van der Waals surface area (Å²) in [6.07, 6.45) is 1.96. The van der Waals surface area contributed by atoms with E-state index in [0.29, 0.717) is 5.56 Å². The van der Waals surface area contributed by atoms with Gasteiger partial charge < -0.3 is 10.1 Å². The molecule has 0 fully saturated rings. The molecule has 1 atom stereocenters. The lowest BCUT2D eigenvalue weighted by Crippen LogP contribution is -2.27. The highest BCUT2D eigenvalue weighted by Gasteiger charge is 2.29. The minimum absolute atomic E-state index is 0.0628. The number of benzene rings is 2. The molecule has 0 spiro atoms. The van der Waals surface area contributed by atoms with E-state index in [4.69, 9.17) is 4.74 Å². The van der Waals surface area contributed by atoms with Crippen molar-refractivity contribution in [3.05, 3.63) is 71.3 Å². The van der Waals surface area contributed by atoms with E-state index in [1.165, 1.54) is 0 Å². The Morgan fingerprint density at radius 2 is 1.68 bits per heavy atom. The van der Waals surface area contributed by atoms with Crippen LogP contribution in [0.4, 0.5) is 0 Å². The van der Waals surface area contributed by atoms with E-state index < -0.39 is 0 Å². The van der Waals surface area contributed by atoms with E-state index in [2.05, 4.69) is 5.32 Å². The first-order valence-corrected chi connectivity index (χ1v) is 6.22. The predicted molar refractivity (Wildman–Crippen MR) is 71.7 cm³/mol. The molecular formula is C16H11NO2. The second-order valence-electron chi connectivity index (χ2n) is 4.67. The average Bonchev–Trinajstić information content (AvgIpc) is 2.57. The van der Waals surface area contributed by atoms with Gasteiger partial charge in [0, 0.05) is 11.1 Å². The van der Waals surface area contributed by atoms with Gasteiger partial charge in [0.2, 0.25) is 0 Å². The molecule has 1 unspecified atom stereocenters. The molecule has 4 rings (SSSR count). The van der Waals surface area contributed by atoms with Crippen LogP contribution in [0, 0.1) is 0 Å². The van der Waals surface area contributed by atoms with Crippen molar-refractivity contribution >= 4 is 11.7 Å². The fourth-order valence-corrected chi connectivity index (χ4v) is 2.60. The van der Waals surface area contributed by atoms with Gasteiger partial charge in [-0.1, -0.05) is 36.4 Å². The van der Waals surface area contributed by atoms with Crippen molar-refractivity contribution in [1.29, 1.82) is 0 Å². The molecule has 2 aromatic carbocycles. The lowest BCUT2D eigenvalue weighted by Gasteiger charge is -2.22. The molecule has 1 N–H and O–H groups in total. The van der Waals surface area contributed by atoms with Crippen LogP contribution in [0.15, 0.2) is 54.6 Å². The van der Waals surface area contributed by atoms with Gasteiger partial charge in [0.15, 0.2) is 0 Å². The van der Waals surface area contributed by atoms with Crippen molar-refractivity contribution in [2.24, 2.45) is 0 Å². The number of hydrogen-bond acceptors (Lipinski definition) is 2. The molecule has 2 aromatic rings. The maximum atomic E-state index is 12.3. The quantitative estimate of drug-likeness (QED) is 0.779. The minimum atomic E-state index is -0.125. The molecule has 3 heteroatoms. The highest BCUT2D eigenvalue weighted by Crippen LogP contribution is 2.38. The molecule has 0 aliphatic carbocycles. The maximum absolute atomic E-state index is 12.3. The van der Waals surface area contributed by atoms with Gasteiger partial charge in [0.25, 0.3) is 5.91 Å². The van der Waals surface area contributed by atoms with E-state index in [0.717, 1.165) is 22.6 Å². The second kappa shape index (κ2) is 3.72. The normalized spacial score (nSPS) is 19.3. The Balaban J connectivity index is 1.94. The molecule has 1 amide bonds. The second-order valence-corrected chi connectivity index (χ2v) is 4.67. The zero-order valence-corrected chi connectivity index (χ0v) is 10.1. The third-order valence-electron chi connectivity index (χ3n) is 3.52. The molecule has 19 heavy (non-hydrogen) atoms. The summed E-state index contributed by atoms with van der Waals surface area (Å²) in [6, 6.07) is 15.2. The van der Waals surface area contributed by atoms with Crippen LogP contribution in [-0.2, 0) is 0 Å². The minimum Gasteiger partial charge on any atom is -0.457 e. The fourth-order valence-electron chi connectivity index (χ4n) is 2.60. The van der Waals surface area contributed by atoms with Crippen molar-refractivity contribution in [1.82, 2.24) is 5.32 Å². The van der Waals surface area contributed by atoms with Gasteiger partial charge in [-0.25, -0.2) is 0 Å². The van der Waals surface area contributed by atoms with Crippen LogP contribution < -0.4 is 10.1 Å². The van der Waals surface area contributed by atoms with Crippen LogP contribution in [0.25, 0.3) is 5.76 Å². The lowest BCUT2D eigenvalue weighted by atomic mass is 10.0. The number of fused-ring (bicyclic) bond motifs is 5. The predicted octanol–water partition coefficient (Wildman–Crippen LogP) is 2.90. The molecule has 2 bridgehead atoms. The Bertz CT molecular complexity index is 718. The summed E-state index contributed by atoms with van der Waals surface area (Å²) in [5.74, 6) is 1.49. The van der Waals surface area contributed by atoms with E-state index in [1.807, 2.05) is 54.6 Å². The third kappa shape index (κ3) is 1.48. The molecule has 3 nitrogen and oxygen atoms in total. The summed E-state index contributed by atoms with van der Waals surface area (Å²) in [6.45, 7) is 0. The number of nitrogens with one attached hydrogen (secondary N) is 1. The number of hydrogen-bond donors (Lipinski definition) is 1. The molecule has 2 aliphatic rings. The van der Waals surface area contributed by atoms with Gasteiger partial charge in [-0.05, 0) is 18.2 Å². The van der Waals surface area contributed by atoms with Crippen LogP contribution in [0.5, 0.6) is 5.75 Å². The van der Waals surface area contributed by atoms with Crippen molar-refractivity contribution in [3.8, 4) is 5.75 Å². The molecule has 0 saturated heterocycles. The largest absolute Gasteiger partial charge is 0.457 e. The van der Waals surface area contributed by atoms with Crippen LogP contribution >= 0.6 is 0 Å². The number of carbonyl (C=O) groups is 1. The SMILES string of the molecule is O=C1NC2C=C(Oc3ccccc32)c2ccccc21. The Morgan fingerprint density at radius 1 is 0.947 bits per heavy atom. The zero-order valence-electron chi connectivity index (χ0n) is 10.1. The summed E-state index contributed by atoms with van der Waals surface area (Å²) >= 11 is 0. The van der Waals surface area contributed by atoms with Crippen LogP contribution in [0.2, 0.25) is 0 Å². The summed E-state index contributed by atoms with van der Waals surface area (Å²) in [5, 5.41) is 3.03. The first-order valence-electron chi connectivity index (χ1n) is 6.22. The Kier molecular flexibility index (Phi) is 2.03. The Morgan fingerprint density at radius 3 is 2.58 bits per heavy atom. The van der Waals surface area contributed by atoms with Crippen LogP contribution in [0.1, 0.15) is 27.5 Å². The molecule has 0 radical (unpaired) electrons. The van der Waals surface area contributed by atoms with Crippen LogP contribution in [0.3, 0.4) is 0 Å². The van der Waals surface area contributed by atoms with Gasteiger partial charge in [0.1, 0.15) is 11.5 Å². The molecule has 92 valence electrons. The molecule has 2 aliphatic heterocycles. The standard InChI is InChI=1S/C16H11NO2/c18-16-11-6-2-1-5-10(11)15-9-13(17-16)12-7-3-4-8-14(12)19-15/h1-9,13H,(H,17,18). The smallest absolute Gasteiger partial charge is 0.252 e. The first kappa shape index (κ1) is 10.4. The molecule has 0 saturated carbocycles. The van der Waals surface area contributed by atoms with Crippen LogP contribution in [-0.4, -0.2) is 5.91 Å². The van der Waals surface area contributed by atoms with Gasteiger partial charge in [0.05, 0.1) is 11.6 Å². The Labute approximate surface area is 110 Å². The van der Waals surface area contributed by atoms with Gasteiger partial charge in [-0.3, -0.25) is 4.79 Å². The summed E-state index contributed by atoms with van der Waals surface area (Å²) in [4.78, 5) is 12.3. The van der Waals surface area contributed by atoms with Crippen molar-refractivity contribution < 1.29 is 9.53 Å².